The van der Waals surface area contributed by atoms with Gasteiger partial charge in [-0.1, -0.05) is 0 Å². The summed E-state index contributed by atoms with van der Waals surface area (Å²) in [6.07, 6.45) is 3.64. The summed E-state index contributed by atoms with van der Waals surface area (Å²) in [5.74, 6) is 0.565. The number of amides is 1. The van der Waals surface area contributed by atoms with E-state index in [4.69, 9.17) is 0 Å². The van der Waals surface area contributed by atoms with Gasteiger partial charge < -0.3 is 19.8 Å². The maximum absolute atomic E-state index is 12.5. The zero-order valence-corrected chi connectivity index (χ0v) is 15.4. The van der Waals surface area contributed by atoms with Crippen LogP contribution in [0.4, 0.5) is 0 Å². The smallest absolute Gasteiger partial charge is 0.244 e. The second-order valence-corrected chi connectivity index (χ2v) is 7.28. The van der Waals surface area contributed by atoms with Gasteiger partial charge in [-0.3, -0.25) is 9.48 Å². The molecular formula is C17H31N5O2. The van der Waals surface area contributed by atoms with Crippen LogP contribution in [-0.4, -0.2) is 96.0 Å². The summed E-state index contributed by atoms with van der Waals surface area (Å²) < 4.78 is 1.68. The van der Waals surface area contributed by atoms with Crippen LogP contribution in [0.15, 0.2) is 12.4 Å². The third-order valence-corrected chi connectivity index (χ3v) is 4.70. The molecule has 7 heteroatoms. The summed E-state index contributed by atoms with van der Waals surface area (Å²) >= 11 is 0. The number of likely N-dealkylation sites (tertiary alicyclic amines) is 1. The molecule has 1 saturated heterocycles. The lowest BCUT2D eigenvalue weighted by molar-refractivity contribution is -0.131. The highest BCUT2D eigenvalue weighted by atomic mass is 16.3. The van der Waals surface area contributed by atoms with Crippen LogP contribution in [0.3, 0.4) is 0 Å². The SMILES string of the molecule is Cc1cnn(CC(=O)N2C[C@@H](CN(C)CCN(C)C)[C@@H](CO)C2)c1. The third kappa shape index (κ3) is 5.29. The molecular weight excluding hydrogens is 306 g/mol. The Bertz CT molecular complexity index is 531. The first-order valence-electron chi connectivity index (χ1n) is 8.60. The van der Waals surface area contributed by atoms with E-state index in [2.05, 4.69) is 36.0 Å². The molecule has 1 N–H and O–H groups in total. The first-order chi connectivity index (χ1) is 11.4. The van der Waals surface area contributed by atoms with Gasteiger partial charge in [-0.25, -0.2) is 0 Å². The van der Waals surface area contributed by atoms with Crippen LogP contribution in [0.5, 0.6) is 0 Å². The van der Waals surface area contributed by atoms with Crippen LogP contribution in [-0.2, 0) is 11.3 Å². The van der Waals surface area contributed by atoms with Crippen molar-refractivity contribution < 1.29 is 9.90 Å². The standard InChI is InChI=1S/C17H31N5O2/c1-14-7-18-22(8-14)12-17(24)21-10-15(16(11-21)13-23)9-20(4)6-5-19(2)3/h7-8,15-16,23H,5-6,9-13H2,1-4H3/t15-,16-/m1/s1. The zero-order valence-electron chi connectivity index (χ0n) is 15.4. The van der Waals surface area contributed by atoms with E-state index in [1.165, 1.54) is 0 Å². The molecule has 2 heterocycles. The van der Waals surface area contributed by atoms with Crippen molar-refractivity contribution in [2.75, 3.05) is 60.5 Å². The second-order valence-electron chi connectivity index (χ2n) is 7.28. The molecule has 1 aromatic heterocycles. The van der Waals surface area contributed by atoms with Crippen molar-refractivity contribution in [3.63, 3.8) is 0 Å². The van der Waals surface area contributed by atoms with Crippen molar-refractivity contribution in [1.82, 2.24) is 24.5 Å². The molecule has 0 unspecified atom stereocenters. The van der Waals surface area contributed by atoms with E-state index in [1.54, 1.807) is 10.9 Å². The molecule has 0 saturated carbocycles. The van der Waals surface area contributed by atoms with Crippen LogP contribution < -0.4 is 0 Å². The van der Waals surface area contributed by atoms with Crippen molar-refractivity contribution in [2.45, 2.75) is 13.5 Å². The lowest BCUT2D eigenvalue weighted by Crippen LogP contribution is -2.36. The number of carbonyl (C=O) groups is 1. The number of aryl methyl sites for hydroxylation is 1. The minimum absolute atomic E-state index is 0.0787. The van der Waals surface area contributed by atoms with Gasteiger partial charge in [0.05, 0.1) is 6.20 Å². The van der Waals surface area contributed by atoms with Gasteiger partial charge in [0.25, 0.3) is 0 Å². The van der Waals surface area contributed by atoms with Gasteiger partial charge in [0.15, 0.2) is 0 Å². The van der Waals surface area contributed by atoms with Gasteiger partial charge in [-0.2, -0.15) is 5.10 Å². The van der Waals surface area contributed by atoms with Crippen molar-refractivity contribution in [2.24, 2.45) is 11.8 Å². The number of hydrogen-bond donors (Lipinski definition) is 1. The molecule has 0 aliphatic carbocycles. The molecule has 0 bridgehead atoms. The minimum atomic E-state index is 0.0787. The van der Waals surface area contributed by atoms with Gasteiger partial charge in [-0.15, -0.1) is 0 Å². The Morgan fingerprint density at radius 2 is 2.00 bits per heavy atom. The van der Waals surface area contributed by atoms with Crippen LogP contribution in [0.2, 0.25) is 0 Å². The van der Waals surface area contributed by atoms with Crippen LogP contribution in [0.1, 0.15) is 5.56 Å². The molecule has 1 amide bonds. The summed E-state index contributed by atoms with van der Waals surface area (Å²) in [6, 6.07) is 0. The number of aliphatic hydroxyl groups is 1. The fourth-order valence-corrected chi connectivity index (χ4v) is 3.21. The van der Waals surface area contributed by atoms with Crippen LogP contribution >= 0.6 is 0 Å². The number of rotatable bonds is 8. The predicted molar refractivity (Wildman–Crippen MR) is 93.7 cm³/mol. The Hall–Kier alpha value is -1.44. The fourth-order valence-electron chi connectivity index (χ4n) is 3.21. The molecule has 0 spiro atoms. The number of hydrogen-bond acceptors (Lipinski definition) is 5. The highest BCUT2D eigenvalue weighted by molar-refractivity contribution is 5.76. The number of likely N-dealkylation sites (N-methyl/N-ethyl adjacent to an activating group) is 2. The Kier molecular flexibility index (Phi) is 6.77. The molecule has 7 nitrogen and oxygen atoms in total. The average molecular weight is 337 g/mol. The van der Waals surface area contributed by atoms with Gasteiger partial charge in [0.1, 0.15) is 6.54 Å². The highest BCUT2D eigenvalue weighted by Crippen LogP contribution is 2.24. The fraction of sp³-hybridized carbons (Fsp3) is 0.765. The van der Waals surface area contributed by atoms with E-state index in [1.807, 2.05) is 18.0 Å². The average Bonchev–Trinajstić information content (AvgIpc) is 3.11. The zero-order chi connectivity index (χ0) is 17.7. The molecule has 136 valence electrons. The molecule has 1 fully saturated rings. The Labute approximate surface area is 144 Å². The summed E-state index contributed by atoms with van der Waals surface area (Å²) in [5.41, 5.74) is 1.05. The summed E-state index contributed by atoms with van der Waals surface area (Å²) in [6.45, 7) is 6.63. The van der Waals surface area contributed by atoms with Crippen molar-refractivity contribution in [3.8, 4) is 0 Å². The quantitative estimate of drug-likeness (QED) is 0.709. The van der Waals surface area contributed by atoms with Gasteiger partial charge in [-0.05, 0) is 39.5 Å². The Morgan fingerprint density at radius 1 is 1.29 bits per heavy atom. The van der Waals surface area contributed by atoms with E-state index in [-0.39, 0.29) is 25.0 Å². The molecule has 2 atom stereocenters. The van der Waals surface area contributed by atoms with E-state index in [0.29, 0.717) is 12.5 Å². The first-order valence-corrected chi connectivity index (χ1v) is 8.60. The number of nitrogens with zero attached hydrogens (tertiary/aromatic N) is 5. The van der Waals surface area contributed by atoms with E-state index in [0.717, 1.165) is 31.7 Å². The minimum Gasteiger partial charge on any atom is -0.396 e. The molecule has 1 aromatic rings. The molecule has 1 aliphatic rings. The maximum atomic E-state index is 12.5. The Morgan fingerprint density at radius 3 is 2.58 bits per heavy atom. The molecule has 0 aromatic carbocycles. The van der Waals surface area contributed by atoms with Gasteiger partial charge in [0, 0.05) is 51.4 Å². The second kappa shape index (κ2) is 8.60. The molecule has 2 rings (SSSR count). The number of aliphatic hydroxyl groups excluding tert-OH is 1. The third-order valence-electron chi connectivity index (χ3n) is 4.70. The lowest BCUT2D eigenvalue weighted by Gasteiger charge is -2.25. The van der Waals surface area contributed by atoms with Crippen molar-refractivity contribution in [3.05, 3.63) is 18.0 Å². The van der Waals surface area contributed by atoms with Gasteiger partial charge in [0.2, 0.25) is 5.91 Å². The first kappa shape index (κ1) is 18.9. The van der Waals surface area contributed by atoms with Crippen LogP contribution in [0, 0.1) is 18.8 Å². The Balaban J connectivity index is 1.87. The largest absolute Gasteiger partial charge is 0.396 e. The summed E-state index contributed by atoms with van der Waals surface area (Å²) in [4.78, 5) is 18.8. The topological polar surface area (TPSA) is 64.8 Å². The maximum Gasteiger partial charge on any atom is 0.244 e. The predicted octanol–water partition coefficient (Wildman–Crippen LogP) is -0.248. The lowest BCUT2D eigenvalue weighted by atomic mass is 9.96. The molecule has 1 aliphatic heterocycles. The number of aromatic nitrogens is 2. The van der Waals surface area contributed by atoms with Gasteiger partial charge >= 0.3 is 0 Å². The van der Waals surface area contributed by atoms with E-state index in [9.17, 15) is 9.90 Å². The van der Waals surface area contributed by atoms with Crippen molar-refractivity contribution in [1.29, 1.82) is 0 Å². The summed E-state index contributed by atoms with van der Waals surface area (Å²) in [7, 11) is 6.24. The van der Waals surface area contributed by atoms with Crippen LogP contribution in [0.25, 0.3) is 0 Å². The highest BCUT2D eigenvalue weighted by Gasteiger charge is 2.35. The van der Waals surface area contributed by atoms with E-state index < -0.39 is 0 Å². The monoisotopic (exact) mass is 337 g/mol. The molecule has 24 heavy (non-hydrogen) atoms. The number of carbonyl (C=O) groups excluding carboxylic acids is 1. The summed E-state index contributed by atoms with van der Waals surface area (Å²) in [5, 5.41) is 13.9. The normalized spacial score (nSPS) is 21.2. The van der Waals surface area contributed by atoms with Crippen molar-refractivity contribution >= 4 is 5.91 Å². The van der Waals surface area contributed by atoms with E-state index >= 15 is 0 Å². The molecule has 0 radical (unpaired) electrons.